The summed E-state index contributed by atoms with van der Waals surface area (Å²) >= 11 is 0. The number of halogens is 1. The molecular weight excluding hydrogens is 489 g/mol. The highest BCUT2D eigenvalue weighted by atomic mass is 127. The van der Waals surface area contributed by atoms with Gasteiger partial charge in [-0.1, -0.05) is 60.7 Å². The third kappa shape index (κ3) is 10.1. The van der Waals surface area contributed by atoms with Gasteiger partial charge in [0.1, 0.15) is 0 Å². The van der Waals surface area contributed by atoms with Crippen LogP contribution in [0.4, 0.5) is 0 Å². The van der Waals surface area contributed by atoms with Gasteiger partial charge in [-0.25, -0.2) is 0 Å². The Balaban J connectivity index is 0.00000450. The molecule has 1 atom stereocenters. The summed E-state index contributed by atoms with van der Waals surface area (Å²) in [6.07, 6.45) is 0.976. The summed E-state index contributed by atoms with van der Waals surface area (Å²) in [6.45, 7) is 4.65. The predicted molar refractivity (Wildman–Crippen MR) is 135 cm³/mol. The number of guanidine groups is 1. The standard InChI is InChI=1S/C23H33N5O.HI/c1-19(28(3)18-21-12-8-5-9-13-21)14-15-25-23(24-2)27-17-22(29)26-16-20-10-6-4-7-11-20;/h4-13,19H,14-18H2,1-3H3,(H,26,29)(H2,24,25,27);1H. The van der Waals surface area contributed by atoms with Crippen LogP contribution in [0.1, 0.15) is 24.5 Å². The molecule has 0 fully saturated rings. The highest BCUT2D eigenvalue weighted by Gasteiger charge is 2.10. The smallest absolute Gasteiger partial charge is 0.239 e. The Morgan fingerprint density at radius 3 is 2.17 bits per heavy atom. The molecule has 0 spiro atoms. The van der Waals surface area contributed by atoms with Crippen LogP contribution in [0.25, 0.3) is 0 Å². The first-order valence-electron chi connectivity index (χ1n) is 10.1. The Morgan fingerprint density at radius 2 is 1.57 bits per heavy atom. The van der Waals surface area contributed by atoms with Crippen LogP contribution in [0.2, 0.25) is 0 Å². The molecule has 2 rings (SSSR count). The maximum Gasteiger partial charge on any atom is 0.239 e. The molecule has 164 valence electrons. The van der Waals surface area contributed by atoms with E-state index in [4.69, 9.17) is 0 Å². The van der Waals surface area contributed by atoms with Crippen molar-refractivity contribution in [3.63, 3.8) is 0 Å². The van der Waals surface area contributed by atoms with Crippen molar-refractivity contribution < 1.29 is 4.79 Å². The Bertz CT molecular complexity index is 755. The van der Waals surface area contributed by atoms with Gasteiger partial charge < -0.3 is 16.0 Å². The maximum atomic E-state index is 12.0. The van der Waals surface area contributed by atoms with Gasteiger partial charge in [0, 0.05) is 32.7 Å². The lowest BCUT2D eigenvalue weighted by Crippen LogP contribution is -2.44. The number of amides is 1. The van der Waals surface area contributed by atoms with Gasteiger partial charge >= 0.3 is 0 Å². The summed E-state index contributed by atoms with van der Waals surface area (Å²) in [5.74, 6) is 0.575. The summed E-state index contributed by atoms with van der Waals surface area (Å²) in [6, 6.07) is 20.8. The first-order valence-corrected chi connectivity index (χ1v) is 10.1. The van der Waals surface area contributed by atoms with Crippen LogP contribution >= 0.6 is 24.0 Å². The average molecular weight is 523 g/mol. The number of aliphatic imine (C=N–C) groups is 1. The second kappa shape index (κ2) is 14.8. The van der Waals surface area contributed by atoms with E-state index in [-0.39, 0.29) is 36.4 Å². The van der Waals surface area contributed by atoms with Crippen molar-refractivity contribution >= 4 is 35.8 Å². The fourth-order valence-corrected chi connectivity index (χ4v) is 2.89. The average Bonchev–Trinajstić information content (AvgIpc) is 2.75. The topological polar surface area (TPSA) is 68.8 Å². The van der Waals surface area contributed by atoms with Crippen LogP contribution in [0.3, 0.4) is 0 Å². The molecule has 1 amide bonds. The molecule has 0 aliphatic rings. The minimum absolute atomic E-state index is 0. The summed E-state index contributed by atoms with van der Waals surface area (Å²) in [5, 5.41) is 9.24. The van der Waals surface area contributed by atoms with Gasteiger partial charge in [-0.05, 0) is 31.5 Å². The molecule has 0 bridgehead atoms. The lowest BCUT2D eigenvalue weighted by atomic mass is 10.1. The predicted octanol–water partition coefficient (Wildman–Crippen LogP) is 3.00. The number of carbonyl (C=O) groups is 1. The Hall–Kier alpha value is -2.13. The number of nitrogens with one attached hydrogen (secondary N) is 3. The number of nitrogens with zero attached hydrogens (tertiary/aromatic N) is 2. The molecule has 30 heavy (non-hydrogen) atoms. The van der Waals surface area contributed by atoms with E-state index in [0.29, 0.717) is 18.5 Å². The lowest BCUT2D eigenvalue weighted by molar-refractivity contribution is -0.120. The monoisotopic (exact) mass is 523 g/mol. The first-order chi connectivity index (χ1) is 14.1. The SMILES string of the molecule is CN=C(NCCC(C)N(C)Cc1ccccc1)NCC(=O)NCc1ccccc1.I. The van der Waals surface area contributed by atoms with Crippen LogP contribution < -0.4 is 16.0 Å². The van der Waals surface area contributed by atoms with Crippen molar-refractivity contribution in [2.75, 3.05) is 27.2 Å². The maximum absolute atomic E-state index is 12.0. The van der Waals surface area contributed by atoms with Gasteiger partial charge in [-0.2, -0.15) is 0 Å². The second-order valence-electron chi connectivity index (χ2n) is 7.15. The molecule has 0 radical (unpaired) electrons. The zero-order chi connectivity index (χ0) is 20.9. The summed E-state index contributed by atoms with van der Waals surface area (Å²) in [4.78, 5) is 18.5. The molecule has 7 heteroatoms. The number of hydrogen-bond donors (Lipinski definition) is 3. The quantitative estimate of drug-likeness (QED) is 0.255. The fraction of sp³-hybridized carbons (Fsp3) is 0.391. The third-order valence-corrected chi connectivity index (χ3v) is 4.85. The Labute approximate surface area is 197 Å². The molecule has 0 heterocycles. The second-order valence-corrected chi connectivity index (χ2v) is 7.15. The van der Waals surface area contributed by atoms with Crippen molar-refractivity contribution in [1.29, 1.82) is 0 Å². The van der Waals surface area contributed by atoms with Crippen molar-refractivity contribution in [2.45, 2.75) is 32.5 Å². The van der Waals surface area contributed by atoms with Crippen LogP contribution in [0.15, 0.2) is 65.7 Å². The highest BCUT2D eigenvalue weighted by molar-refractivity contribution is 14.0. The number of carbonyl (C=O) groups excluding carboxylic acids is 1. The van der Waals surface area contributed by atoms with Crippen LogP contribution in [0, 0.1) is 0 Å². The summed E-state index contributed by atoms with van der Waals surface area (Å²) in [7, 11) is 3.85. The number of benzene rings is 2. The normalized spacial score (nSPS) is 12.1. The molecule has 0 aliphatic heterocycles. The van der Waals surface area contributed by atoms with E-state index in [1.165, 1.54) is 5.56 Å². The van der Waals surface area contributed by atoms with Gasteiger partial charge in [0.15, 0.2) is 5.96 Å². The van der Waals surface area contributed by atoms with Gasteiger partial charge in [-0.3, -0.25) is 14.7 Å². The minimum atomic E-state index is -0.0623. The van der Waals surface area contributed by atoms with Gasteiger partial charge in [0.05, 0.1) is 6.54 Å². The van der Waals surface area contributed by atoms with Crippen molar-refractivity contribution in [3.05, 3.63) is 71.8 Å². The molecule has 0 saturated heterocycles. The minimum Gasteiger partial charge on any atom is -0.356 e. The zero-order valence-corrected chi connectivity index (χ0v) is 20.4. The lowest BCUT2D eigenvalue weighted by Gasteiger charge is -2.25. The molecule has 1 unspecified atom stereocenters. The molecule has 3 N–H and O–H groups in total. The van der Waals surface area contributed by atoms with E-state index in [1.54, 1.807) is 7.05 Å². The Kier molecular flexibility index (Phi) is 12.8. The van der Waals surface area contributed by atoms with Crippen LogP contribution in [-0.2, 0) is 17.9 Å². The summed E-state index contributed by atoms with van der Waals surface area (Å²) < 4.78 is 0. The van der Waals surface area contributed by atoms with E-state index in [9.17, 15) is 4.79 Å². The molecule has 0 aliphatic carbocycles. The van der Waals surface area contributed by atoms with E-state index in [0.717, 1.165) is 25.1 Å². The van der Waals surface area contributed by atoms with E-state index in [1.807, 2.05) is 36.4 Å². The van der Waals surface area contributed by atoms with Crippen LogP contribution in [-0.4, -0.2) is 50.0 Å². The Morgan fingerprint density at radius 1 is 0.967 bits per heavy atom. The van der Waals surface area contributed by atoms with E-state index in [2.05, 4.69) is 64.1 Å². The van der Waals surface area contributed by atoms with E-state index < -0.39 is 0 Å². The molecule has 0 saturated carbocycles. The van der Waals surface area contributed by atoms with E-state index >= 15 is 0 Å². The van der Waals surface area contributed by atoms with Crippen molar-refractivity contribution in [2.24, 2.45) is 4.99 Å². The summed E-state index contributed by atoms with van der Waals surface area (Å²) in [5.41, 5.74) is 2.39. The number of hydrogen-bond acceptors (Lipinski definition) is 3. The molecule has 6 nitrogen and oxygen atoms in total. The van der Waals surface area contributed by atoms with Gasteiger partial charge in [0.25, 0.3) is 0 Å². The van der Waals surface area contributed by atoms with Crippen molar-refractivity contribution in [3.8, 4) is 0 Å². The van der Waals surface area contributed by atoms with Crippen LogP contribution in [0.5, 0.6) is 0 Å². The van der Waals surface area contributed by atoms with Crippen molar-refractivity contribution in [1.82, 2.24) is 20.9 Å². The molecule has 2 aromatic carbocycles. The van der Waals surface area contributed by atoms with Gasteiger partial charge in [0.2, 0.25) is 5.91 Å². The third-order valence-electron chi connectivity index (χ3n) is 4.85. The molecule has 2 aromatic rings. The van der Waals surface area contributed by atoms with Gasteiger partial charge in [-0.15, -0.1) is 24.0 Å². The number of rotatable bonds is 10. The first kappa shape index (κ1) is 25.9. The molecular formula is C23H34IN5O. The highest BCUT2D eigenvalue weighted by Crippen LogP contribution is 2.07. The molecule has 0 aromatic heterocycles. The largest absolute Gasteiger partial charge is 0.356 e. The zero-order valence-electron chi connectivity index (χ0n) is 18.1. The fourth-order valence-electron chi connectivity index (χ4n) is 2.89.